The van der Waals surface area contributed by atoms with Crippen LogP contribution in [-0.2, 0) is 5.75 Å². The van der Waals surface area contributed by atoms with E-state index in [0.29, 0.717) is 6.42 Å². The minimum absolute atomic E-state index is 0.658. The average molecular weight is 181 g/mol. The molecule has 0 aliphatic heterocycles. The largest absolute Gasteiger partial charge is 0.468 e. The van der Waals surface area contributed by atoms with E-state index in [1.165, 1.54) is 0 Å². The first-order valence-corrected chi connectivity index (χ1v) is 5.06. The molecule has 0 amide bonds. The van der Waals surface area contributed by atoms with Crippen LogP contribution in [0.25, 0.3) is 0 Å². The van der Waals surface area contributed by atoms with Gasteiger partial charge in [0.2, 0.25) is 0 Å². The summed E-state index contributed by atoms with van der Waals surface area (Å²) < 4.78 is 5.15. The summed E-state index contributed by atoms with van der Waals surface area (Å²) in [4.78, 5) is 0. The third-order valence-electron chi connectivity index (χ3n) is 1.40. The molecule has 0 spiro atoms. The quantitative estimate of drug-likeness (QED) is 0.655. The lowest BCUT2D eigenvalue weighted by molar-refractivity contribution is 0.530. The van der Waals surface area contributed by atoms with Crippen LogP contribution >= 0.6 is 11.8 Å². The smallest absolute Gasteiger partial charge is 0.113 e. The van der Waals surface area contributed by atoms with Gasteiger partial charge in [0.1, 0.15) is 5.76 Å². The zero-order valence-electron chi connectivity index (χ0n) is 6.82. The number of nitriles is 1. The van der Waals surface area contributed by atoms with Crippen molar-refractivity contribution < 1.29 is 4.42 Å². The van der Waals surface area contributed by atoms with Crippen molar-refractivity contribution in [3.63, 3.8) is 0 Å². The maximum atomic E-state index is 8.27. The second-order valence-corrected chi connectivity index (χ2v) is 3.50. The number of hydrogen-bond acceptors (Lipinski definition) is 3. The maximum absolute atomic E-state index is 8.27. The molecule has 0 atom stereocenters. The van der Waals surface area contributed by atoms with E-state index in [4.69, 9.17) is 9.68 Å². The average Bonchev–Trinajstić information content (AvgIpc) is 2.57. The molecule has 0 bridgehead atoms. The highest BCUT2D eigenvalue weighted by atomic mass is 32.2. The van der Waals surface area contributed by atoms with E-state index in [2.05, 4.69) is 6.07 Å². The highest BCUT2D eigenvalue weighted by Gasteiger charge is 1.94. The summed E-state index contributed by atoms with van der Waals surface area (Å²) in [6.07, 6.45) is 3.32. The van der Waals surface area contributed by atoms with Crippen molar-refractivity contribution in [1.82, 2.24) is 0 Å². The highest BCUT2D eigenvalue weighted by Crippen LogP contribution is 2.13. The maximum Gasteiger partial charge on any atom is 0.113 e. The molecule has 0 radical (unpaired) electrons. The Labute approximate surface area is 76.6 Å². The van der Waals surface area contributed by atoms with Gasteiger partial charge < -0.3 is 4.42 Å². The van der Waals surface area contributed by atoms with Crippen LogP contribution < -0.4 is 0 Å². The van der Waals surface area contributed by atoms with Crippen LogP contribution in [0.2, 0.25) is 0 Å². The molecule has 1 heterocycles. The molecule has 0 aliphatic rings. The summed E-state index contributed by atoms with van der Waals surface area (Å²) in [7, 11) is 0. The van der Waals surface area contributed by atoms with E-state index < -0.39 is 0 Å². The SMILES string of the molecule is N#CCCCSCc1ccco1. The Morgan fingerprint density at radius 3 is 3.17 bits per heavy atom. The normalized spacial score (nSPS) is 9.58. The molecule has 3 heteroatoms. The van der Waals surface area contributed by atoms with Gasteiger partial charge in [-0.15, -0.1) is 0 Å². The number of thioether (sulfide) groups is 1. The van der Waals surface area contributed by atoms with Crippen LogP contribution in [0.1, 0.15) is 18.6 Å². The molecule has 0 aliphatic carbocycles. The molecule has 0 aromatic carbocycles. The van der Waals surface area contributed by atoms with Gasteiger partial charge in [-0.25, -0.2) is 0 Å². The molecule has 0 saturated carbocycles. The third-order valence-corrected chi connectivity index (χ3v) is 2.47. The van der Waals surface area contributed by atoms with Crippen LogP contribution in [0.5, 0.6) is 0 Å². The third kappa shape index (κ3) is 3.49. The zero-order chi connectivity index (χ0) is 8.65. The molecule has 0 unspecified atom stereocenters. The predicted octanol–water partition coefficient (Wildman–Crippen LogP) is 2.82. The van der Waals surface area contributed by atoms with Crippen molar-refractivity contribution in [1.29, 1.82) is 5.26 Å². The summed E-state index contributed by atoms with van der Waals surface area (Å²) in [5, 5.41) is 8.27. The molecular weight excluding hydrogens is 170 g/mol. The molecule has 0 N–H and O–H groups in total. The number of nitrogens with zero attached hydrogens (tertiary/aromatic N) is 1. The Kier molecular flexibility index (Phi) is 4.40. The van der Waals surface area contributed by atoms with Gasteiger partial charge in [0.25, 0.3) is 0 Å². The van der Waals surface area contributed by atoms with Crippen molar-refractivity contribution in [2.24, 2.45) is 0 Å². The zero-order valence-corrected chi connectivity index (χ0v) is 7.64. The summed E-state index contributed by atoms with van der Waals surface area (Å²) in [6.45, 7) is 0. The Hall–Kier alpha value is -0.880. The molecule has 1 aromatic heterocycles. The fraction of sp³-hybridized carbons (Fsp3) is 0.444. The van der Waals surface area contributed by atoms with E-state index in [9.17, 15) is 0 Å². The molecule has 2 nitrogen and oxygen atoms in total. The van der Waals surface area contributed by atoms with Gasteiger partial charge in [-0.05, 0) is 24.3 Å². The fourth-order valence-corrected chi connectivity index (χ4v) is 1.68. The summed E-state index contributed by atoms with van der Waals surface area (Å²) in [5.74, 6) is 2.96. The van der Waals surface area contributed by atoms with E-state index in [-0.39, 0.29) is 0 Å². The Balaban J connectivity index is 2.01. The number of unbranched alkanes of at least 4 members (excludes halogenated alkanes) is 1. The van der Waals surface area contributed by atoms with Crippen molar-refractivity contribution >= 4 is 11.8 Å². The first-order chi connectivity index (χ1) is 5.93. The van der Waals surface area contributed by atoms with Crippen molar-refractivity contribution in [3.05, 3.63) is 24.2 Å². The van der Waals surface area contributed by atoms with Gasteiger partial charge in [-0.3, -0.25) is 0 Å². The lowest BCUT2D eigenvalue weighted by atomic mass is 10.4. The Morgan fingerprint density at radius 1 is 1.58 bits per heavy atom. The Bertz CT molecular complexity index is 238. The fourth-order valence-electron chi connectivity index (χ4n) is 0.821. The topological polar surface area (TPSA) is 36.9 Å². The molecular formula is C9H11NOS. The van der Waals surface area contributed by atoms with Gasteiger partial charge in [0, 0.05) is 6.42 Å². The van der Waals surface area contributed by atoms with Gasteiger partial charge >= 0.3 is 0 Å². The van der Waals surface area contributed by atoms with Crippen molar-refractivity contribution in [2.75, 3.05) is 5.75 Å². The monoisotopic (exact) mass is 181 g/mol. The number of rotatable bonds is 5. The minimum atomic E-state index is 0.658. The van der Waals surface area contributed by atoms with Crippen LogP contribution in [0.15, 0.2) is 22.8 Å². The lowest BCUT2D eigenvalue weighted by Gasteiger charge is -1.95. The van der Waals surface area contributed by atoms with Gasteiger partial charge in [0.15, 0.2) is 0 Å². The molecule has 0 fully saturated rings. The van der Waals surface area contributed by atoms with E-state index in [0.717, 1.165) is 23.7 Å². The first-order valence-electron chi connectivity index (χ1n) is 3.90. The van der Waals surface area contributed by atoms with Crippen LogP contribution in [0, 0.1) is 11.3 Å². The van der Waals surface area contributed by atoms with Gasteiger partial charge in [-0.2, -0.15) is 17.0 Å². The van der Waals surface area contributed by atoms with E-state index in [1.54, 1.807) is 18.0 Å². The predicted molar refractivity (Wildman–Crippen MR) is 49.7 cm³/mol. The Morgan fingerprint density at radius 2 is 2.50 bits per heavy atom. The van der Waals surface area contributed by atoms with E-state index in [1.807, 2.05) is 12.1 Å². The van der Waals surface area contributed by atoms with Crippen LogP contribution in [-0.4, -0.2) is 5.75 Å². The molecule has 0 saturated heterocycles. The first kappa shape index (κ1) is 9.21. The van der Waals surface area contributed by atoms with E-state index >= 15 is 0 Å². The second-order valence-electron chi connectivity index (χ2n) is 2.39. The molecule has 1 aromatic rings. The van der Waals surface area contributed by atoms with Crippen LogP contribution in [0.4, 0.5) is 0 Å². The highest BCUT2D eigenvalue weighted by molar-refractivity contribution is 7.98. The minimum Gasteiger partial charge on any atom is -0.468 e. The van der Waals surface area contributed by atoms with Gasteiger partial charge in [0.05, 0.1) is 18.1 Å². The molecule has 12 heavy (non-hydrogen) atoms. The van der Waals surface area contributed by atoms with Crippen molar-refractivity contribution in [2.45, 2.75) is 18.6 Å². The molecule has 64 valence electrons. The summed E-state index contributed by atoms with van der Waals surface area (Å²) in [6, 6.07) is 5.99. The number of hydrogen-bond donors (Lipinski definition) is 0. The number of furan rings is 1. The summed E-state index contributed by atoms with van der Waals surface area (Å²) >= 11 is 1.81. The standard InChI is InChI=1S/C9H11NOS/c10-5-1-2-7-12-8-9-4-3-6-11-9/h3-4,6H,1-2,7-8H2. The van der Waals surface area contributed by atoms with Crippen LogP contribution in [0.3, 0.4) is 0 Å². The second kappa shape index (κ2) is 5.73. The molecule has 1 rings (SSSR count). The summed E-state index contributed by atoms with van der Waals surface area (Å²) in [5.41, 5.74) is 0. The van der Waals surface area contributed by atoms with Crippen molar-refractivity contribution in [3.8, 4) is 6.07 Å². The van der Waals surface area contributed by atoms with Gasteiger partial charge in [-0.1, -0.05) is 0 Å². The lowest BCUT2D eigenvalue weighted by Crippen LogP contribution is -1.80.